The van der Waals surface area contributed by atoms with Crippen molar-refractivity contribution in [2.75, 3.05) is 20.2 Å². The van der Waals surface area contributed by atoms with Gasteiger partial charge in [-0.15, -0.1) is 0 Å². The van der Waals surface area contributed by atoms with Crippen molar-refractivity contribution in [2.45, 2.75) is 38.6 Å². The highest BCUT2D eigenvalue weighted by molar-refractivity contribution is 5.92. The molecule has 4 heterocycles. The van der Waals surface area contributed by atoms with Crippen LogP contribution in [0.5, 0.6) is 5.75 Å². The Bertz CT molecular complexity index is 1320. The summed E-state index contributed by atoms with van der Waals surface area (Å²) in [6, 6.07) is 14.3. The van der Waals surface area contributed by atoms with Crippen molar-refractivity contribution < 1.29 is 9.53 Å². The Hall–Kier alpha value is -3.68. The quantitative estimate of drug-likeness (QED) is 0.440. The van der Waals surface area contributed by atoms with Gasteiger partial charge in [0.15, 0.2) is 5.65 Å². The fraction of sp³-hybridized carbons (Fsp3) is 0.385. The first-order valence-corrected chi connectivity index (χ1v) is 11.8. The number of piperidine rings is 1. The zero-order valence-corrected chi connectivity index (χ0v) is 19.9. The number of imidazole rings is 1. The van der Waals surface area contributed by atoms with Crippen LogP contribution in [-0.2, 0) is 19.9 Å². The highest BCUT2D eigenvalue weighted by Gasteiger charge is 2.28. The molecule has 3 aromatic heterocycles. The maximum absolute atomic E-state index is 13.0. The second kappa shape index (κ2) is 9.29. The van der Waals surface area contributed by atoms with E-state index in [1.807, 2.05) is 55.4 Å². The summed E-state index contributed by atoms with van der Waals surface area (Å²) >= 11 is 0. The minimum absolute atomic E-state index is 0.0495. The third-order valence-corrected chi connectivity index (χ3v) is 6.63. The van der Waals surface area contributed by atoms with E-state index in [-0.39, 0.29) is 11.9 Å². The van der Waals surface area contributed by atoms with Gasteiger partial charge in [-0.2, -0.15) is 5.10 Å². The molecule has 0 aliphatic carbocycles. The fourth-order valence-electron chi connectivity index (χ4n) is 4.92. The fourth-order valence-corrected chi connectivity index (χ4v) is 4.92. The topological polar surface area (TPSA) is 78.1 Å². The monoisotopic (exact) mass is 458 g/mol. The molecular formula is C26H30N6O2. The molecule has 0 spiro atoms. The molecule has 1 aliphatic rings. The molecule has 5 rings (SSSR count). The number of benzene rings is 1. The first-order chi connectivity index (χ1) is 16.5. The maximum atomic E-state index is 13.0. The lowest BCUT2D eigenvalue weighted by Gasteiger charge is -2.33. The van der Waals surface area contributed by atoms with Gasteiger partial charge < -0.3 is 14.2 Å². The van der Waals surface area contributed by atoms with Crippen molar-refractivity contribution in [1.29, 1.82) is 0 Å². The van der Waals surface area contributed by atoms with E-state index >= 15 is 0 Å². The number of aryl methyl sites for hydroxylation is 4. The number of amides is 1. The van der Waals surface area contributed by atoms with Crippen LogP contribution in [0.25, 0.3) is 11.2 Å². The van der Waals surface area contributed by atoms with Gasteiger partial charge in [0.05, 0.1) is 12.8 Å². The Balaban J connectivity index is 1.35. The van der Waals surface area contributed by atoms with Crippen LogP contribution in [0.1, 0.15) is 46.5 Å². The second-order valence-electron chi connectivity index (χ2n) is 8.91. The number of fused-ring (bicyclic) bond motifs is 1. The van der Waals surface area contributed by atoms with Crippen LogP contribution in [-0.4, -0.2) is 55.3 Å². The van der Waals surface area contributed by atoms with Crippen LogP contribution >= 0.6 is 0 Å². The number of aromatic nitrogens is 5. The Morgan fingerprint density at radius 1 is 1.12 bits per heavy atom. The maximum Gasteiger partial charge on any atom is 0.272 e. The van der Waals surface area contributed by atoms with Gasteiger partial charge in [0, 0.05) is 38.8 Å². The van der Waals surface area contributed by atoms with Gasteiger partial charge in [-0.05, 0) is 62.1 Å². The van der Waals surface area contributed by atoms with Crippen molar-refractivity contribution in [3.63, 3.8) is 0 Å². The molecule has 8 nitrogen and oxygen atoms in total. The molecule has 1 amide bonds. The molecule has 1 saturated heterocycles. The molecule has 0 N–H and O–H groups in total. The number of pyridine rings is 1. The van der Waals surface area contributed by atoms with Gasteiger partial charge in [-0.25, -0.2) is 9.97 Å². The zero-order chi connectivity index (χ0) is 23.7. The number of nitrogens with zero attached hydrogens (tertiary/aromatic N) is 6. The summed E-state index contributed by atoms with van der Waals surface area (Å²) in [4.78, 5) is 24.6. The largest absolute Gasteiger partial charge is 0.497 e. The molecular weight excluding hydrogens is 428 g/mol. The van der Waals surface area contributed by atoms with E-state index in [0.717, 1.165) is 54.1 Å². The number of carbonyl (C=O) groups excluding carboxylic acids is 1. The van der Waals surface area contributed by atoms with Gasteiger partial charge >= 0.3 is 0 Å². The Morgan fingerprint density at radius 3 is 2.68 bits per heavy atom. The van der Waals surface area contributed by atoms with Crippen LogP contribution in [0.2, 0.25) is 0 Å². The molecule has 1 aromatic carbocycles. The number of ether oxygens (including phenoxy) is 1. The standard InChI is InChI=1S/C26H30N6O2/c1-18-16-23(30(2)29-18)26(33)31-14-11-20(12-15-31)32-24(28-22-8-5-13-27-25(22)32)10-9-19-6-4-7-21(17-19)34-3/h4-8,13,16-17,20H,9-12,14-15H2,1-3H3. The average molecular weight is 459 g/mol. The van der Waals surface area contributed by atoms with Gasteiger partial charge in [0.25, 0.3) is 5.91 Å². The highest BCUT2D eigenvalue weighted by Crippen LogP contribution is 2.29. The van der Waals surface area contributed by atoms with E-state index in [0.29, 0.717) is 18.8 Å². The second-order valence-corrected chi connectivity index (χ2v) is 8.91. The van der Waals surface area contributed by atoms with Crippen LogP contribution in [0.4, 0.5) is 0 Å². The normalized spacial score (nSPS) is 14.6. The van der Waals surface area contributed by atoms with Crippen LogP contribution in [0.3, 0.4) is 0 Å². The highest BCUT2D eigenvalue weighted by atomic mass is 16.5. The minimum Gasteiger partial charge on any atom is -0.497 e. The molecule has 0 radical (unpaired) electrons. The van der Waals surface area contributed by atoms with E-state index in [4.69, 9.17) is 9.72 Å². The third-order valence-electron chi connectivity index (χ3n) is 6.63. The molecule has 0 saturated carbocycles. The summed E-state index contributed by atoms with van der Waals surface area (Å²) in [6.45, 7) is 3.32. The lowest BCUT2D eigenvalue weighted by atomic mass is 10.0. The summed E-state index contributed by atoms with van der Waals surface area (Å²) in [5.74, 6) is 1.96. The molecule has 8 heteroatoms. The number of rotatable bonds is 6. The molecule has 0 bridgehead atoms. The van der Waals surface area contributed by atoms with Crippen LogP contribution in [0.15, 0.2) is 48.7 Å². The lowest BCUT2D eigenvalue weighted by molar-refractivity contribution is 0.0684. The summed E-state index contributed by atoms with van der Waals surface area (Å²) in [6.07, 6.45) is 5.26. The van der Waals surface area contributed by atoms with E-state index in [9.17, 15) is 4.79 Å². The molecule has 0 unspecified atom stereocenters. The Kier molecular flexibility index (Phi) is 6.04. The average Bonchev–Trinajstić information content (AvgIpc) is 3.41. The smallest absolute Gasteiger partial charge is 0.272 e. The molecule has 0 atom stereocenters. The Morgan fingerprint density at radius 2 is 1.94 bits per heavy atom. The molecule has 1 fully saturated rings. The van der Waals surface area contributed by atoms with Crippen molar-refractivity contribution in [3.05, 3.63) is 71.4 Å². The van der Waals surface area contributed by atoms with Gasteiger partial charge in [0.2, 0.25) is 0 Å². The first-order valence-electron chi connectivity index (χ1n) is 11.8. The van der Waals surface area contributed by atoms with Crippen LogP contribution in [0, 0.1) is 6.92 Å². The molecule has 4 aromatic rings. The van der Waals surface area contributed by atoms with E-state index in [1.165, 1.54) is 5.56 Å². The first kappa shape index (κ1) is 22.1. The van der Waals surface area contributed by atoms with Crippen LogP contribution < -0.4 is 4.74 Å². The lowest BCUT2D eigenvalue weighted by Crippen LogP contribution is -2.40. The number of likely N-dealkylation sites (tertiary alicyclic amines) is 1. The number of hydrogen-bond acceptors (Lipinski definition) is 5. The van der Waals surface area contributed by atoms with Crippen molar-refractivity contribution in [1.82, 2.24) is 29.2 Å². The van der Waals surface area contributed by atoms with E-state index in [1.54, 1.807) is 11.8 Å². The predicted molar refractivity (Wildman–Crippen MR) is 130 cm³/mol. The number of methoxy groups -OCH3 is 1. The minimum atomic E-state index is 0.0495. The van der Waals surface area contributed by atoms with E-state index in [2.05, 4.69) is 26.8 Å². The number of carbonyl (C=O) groups is 1. The number of hydrogen-bond donors (Lipinski definition) is 0. The predicted octanol–water partition coefficient (Wildman–Crippen LogP) is 3.74. The summed E-state index contributed by atoms with van der Waals surface area (Å²) in [5.41, 5.74) is 4.57. The van der Waals surface area contributed by atoms with Gasteiger partial charge in [0.1, 0.15) is 22.8 Å². The van der Waals surface area contributed by atoms with Crippen molar-refractivity contribution in [2.24, 2.45) is 7.05 Å². The third kappa shape index (κ3) is 4.27. The molecule has 34 heavy (non-hydrogen) atoms. The molecule has 1 aliphatic heterocycles. The molecule has 176 valence electrons. The van der Waals surface area contributed by atoms with Gasteiger partial charge in [-0.1, -0.05) is 12.1 Å². The Labute approximate surface area is 199 Å². The van der Waals surface area contributed by atoms with Crippen molar-refractivity contribution >= 4 is 17.1 Å². The SMILES string of the molecule is COc1cccc(CCc2nc3cccnc3n2C2CCN(C(=O)c3cc(C)nn3C)CC2)c1. The van der Waals surface area contributed by atoms with E-state index < -0.39 is 0 Å². The summed E-state index contributed by atoms with van der Waals surface area (Å²) < 4.78 is 9.36. The van der Waals surface area contributed by atoms with Gasteiger partial charge in [-0.3, -0.25) is 9.48 Å². The zero-order valence-electron chi connectivity index (χ0n) is 19.9. The summed E-state index contributed by atoms with van der Waals surface area (Å²) in [5, 5.41) is 4.33. The summed E-state index contributed by atoms with van der Waals surface area (Å²) in [7, 11) is 3.52. The van der Waals surface area contributed by atoms with Crippen molar-refractivity contribution in [3.8, 4) is 5.75 Å².